The largest absolute Gasteiger partial charge is 0.384 e. The number of nitrogens with two attached hydrogens (primary N) is 1. The van der Waals surface area contributed by atoms with Crippen molar-refractivity contribution in [3.05, 3.63) is 36.5 Å². The van der Waals surface area contributed by atoms with E-state index in [4.69, 9.17) is 5.73 Å². The maximum absolute atomic E-state index is 5.56. The highest BCUT2D eigenvalue weighted by atomic mass is 32.2. The van der Waals surface area contributed by atoms with Crippen LogP contribution in [0.1, 0.15) is 24.6 Å². The second kappa shape index (κ2) is 4.41. The van der Waals surface area contributed by atoms with Gasteiger partial charge in [0.15, 0.2) is 0 Å². The Morgan fingerprint density at radius 1 is 1.35 bits per heavy atom. The minimum Gasteiger partial charge on any atom is -0.384 e. The minimum atomic E-state index is 0.567. The third-order valence-electron chi connectivity index (χ3n) is 2.83. The highest BCUT2D eigenvalue weighted by molar-refractivity contribution is 7.98. The van der Waals surface area contributed by atoms with Crippen molar-refractivity contribution in [2.75, 3.05) is 5.73 Å². The Morgan fingerprint density at radius 3 is 2.94 bits per heavy atom. The number of hydrogen-bond donors (Lipinski definition) is 1. The zero-order valence-corrected chi connectivity index (χ0v) is 10.2. The van der Waals surface area contributed by atoms with Gasteiger partial charge in [0, 0.05) is 34.8 Å². The molecule has 2 N–H and O–H groups in total. The van der Waals surface area contributed by atoms with Crippen LogP contribution in [0.15, 0.2) is 35.7 Å². The van der Waals surface area contributed by atoms with Gasteiger partial charge in [-0.2, -0.15) is 0 Å². The van der Waals surface area contributed by atoms with Crippen molar-refractivity contribution in [3.8, 4) is 0 Å². The first-order valence-electron chi connectivity index (χ1n) is 5.68. The van der Waals surface area contributed by atoms with Crippen molar-refractivity contribution < 1.29 is 0 Å². The SMILES string of the molecule is Nc1ccc(SCc2cncn2C2CC2)cn1. The molecule has 0 aliphatic heterocycles. The summed E-state index contributed by atoms with van der Waals surface area (Å²) in [6.45, 7) is 0. The maximum Gasteiger partial charge on any atom is 0.123 e. The molecule has 0 aromatic carbocycles. The Labute approximate surface area is 104 Å². The lowest BCUT2D eigenvalue weighted by molar-refractivity contribution is 0.714. The summed E-state index contributed by atoms with van der Waals surface area (Å²) in [4.78, 5) is 9.45. The lowest BCUT2D eigenvalue weighted by Gasteiger charge is -2.06. The Balaban J connectivity index is 1.67. The van der Waals surface area contributed by atoms with E-state index in [1.807, 2.05) is 30.9 Å². The molecule has 88 valence electrons. The molecule has 2 aromatic rings. The summed E-state index contributed by atoms with van der Waals surface area (Å²) in [7, 11) is 0. The molecule has 0 saturated heterocycles. The maximum atomic E-state index is 5.56. The van der Waals surface area contributed by atoms with Crippen LogP contribution in [0.4, 0.5) is 5.82 Å². The van der Waals surface area contributed by atoms with Crippen LogP contribution in [0.3, 0.4) is 0 Å². The number of anilines is 1. The minimum absolute atomic E-state index is 0.567. The highest BCUT2D eigenvalue weighted by Crippen LogP contribution is 2.36. The van der Waals surface area contributed by atoms with Gasteiger partial charge >= 0.3 is 0 Å². The molecule has 2 aromatic heterocycles. The van der Waals surface area contributed by atoms with E-state index in [1.54, 1.807) is 11.8 Å². The number of pyridine rings is 1. The van der Waals surface area contributed by atoms with Gasteiger partial charge in [-0.05, 0) is 25.0 Å². The van der Waals surface area contributed by atoms with Crippen LogP contribution in [0.2, 0.25) is 0 Å². The average Bonchev–Trinajstić information content (AvgIpc) is 3.08. The molecule has 0 unspecified atom stereocenters. The fraction of sp³-hybridized carbons (Fsp3) is 0.333. The smallest absolute Gasteiger partial charge is 0.123 e. The molecular formula is C12H14N4S. The van der Waals surface area contributed by atoms with Gasteiger partial charge in [-0.3, -0.25) is 0 Å². The van der Waals surface area contributed by atoms with Crippen molar-refractivity contribution in [2.45, 2.75) is 29.5 Å². The van der Waals surface area contributed by atoms with Crippen molar-refractivity contribution in [1.29, 1.82) is 0 Å². The molecule has 0 amide bonds. The second-order valence-electron chi connectivity index (χ2n) is 4.23. The Hall–Kier alpha value is -1.49. The van der Waals surface area contributed by atoms with E-state index in [0.29, 0.717) is 11.9 Å². The molecule has 0 atom stereocenters. The van der Waals surface area contributed by atoms with E-state index in [2.05, 4.69) is 14.5 Å². The lowest BCUT2D eigenvalue weighted by atomic mass is 10.5. The van der Waals surface area contributed by atoms with Gasteiger partial charge in [-0.25, -0.2) is 9.97 Å². The van der Waals surface area contributed by atoms with Crippen LogP contribution in [0, 0.1) is 0 Å². The third-order valence-corrected chi connectivity index (χ3v) is 3.85. The first-order valence-corrected chi connectivity index (χ1v) is 6.66. The van der Waals surface area contributed by atoms with Crippen molar-refractivity contribution in [3.63, 3.8) is 0 Å². The molecular weight excluding hydrogens is 232 g/mol. The predicted molar refractivity (Wildman–Crippen MR) is 68.7 cm³/mol. The van der Waals surface area contributed by atoms with E-state index < -0.39 is 0 Å². The molecule has 0 bridgehead atoms. The summed E-state index contributed by atoms with van der Waals surface area (Å²) in [6.07, 6.45) is 8.29. The van der Waals surface area contributed by atoms with E-state index in [1.165, 1.54) is 18.5 Å². The number of nitrogens with zero attached hydrogens (tertiary/aromatic N) is 3. The van der Waals surface area contributed by atoms with Crippen LogP contribution >= 0.6 is 11.8 Å². The van der Waals surface area contributed by atoms with E-state index >= 15 is 0 Å². The number of thioether (sulfide) groups is 1. The number of aromatic nitrogens is 3. The number of imidazole rings is 1. The van der Waals surface area contributed by atoms with Crippen LogP contribution in [0.25, 0.3) is 0 Å². The molecule has 1 saturated carbocycles. The summed E-state index contributed by atoms with van der Waals surface area (Å²) >= 11 is 1.77. The molecule has 17 heavy (non-hydrogen) atoms. The molecule has 3 rings (SSSR count). The van der Waals surface area contributed by atoms with Crippen molar-refractivity contribution in [1.82, 2.24) is 14.5 Å². The summed E-state index contributed by atoms with van der Waals surface area (Å²) in [5.74, 6) is 1.50. The Morgan fingerprint density at radius 2 is 2.24 bits per heavy atom. The number of nitrogen functional groups attached to an aromatic ring is 1. The van der Waals surface area contributed by atoms with Gasteiger partial charge < -0.3 is 10.3 Å². The summed E-state index contributed by atoms with van der Waals surface area (Å²) in [5.41, 5.74) is 6.84. The highest BCUT2D eigenvalue weighted by Gasteiger charge is 2.24. The van der Waals surface area contributed by atoms with Gasteiger partial charge in [0.1, 0.15) is 5.82 Å². The van der Waals surface area contributed by atoms with Crippen LogP contribution in [-0.2, 0) is 5.75 Å². The molecule has 4 nitrogen and oxygen atoms in total. The molecule has 2 heterocycles. The number of rotatable bonds is 4. The molecule has 5 heteroatoms. The lowest BCUT2D eigenvalue weighted by Crippen LogP contribution is -1.97. The van der Waals surface area contributed by atoms with Gasteiger partial charge in [0.2, 0.25) is 0 Å². The molecule has 1 aliphatic rings. The summed E-state index contributed by atoms with van der Waals surface area (Å²) in [6, 6.07) is 4.53. The molecule has 0 radical (unpaired) electrons. The van der Waals surface area contributed by atoms with Gasteiger partial charge in [-0.15, -0.1) is 11.8 Å². The zero-order chi connectivity index (χ0) is 11.7. The van der Waals surface area contributed by atoms with Gasteiger partial charge in [-0.1, -0.05) is 0 Å². The Kier molecular flexibility index (Phi) is 2.76. The average molecular weight is 246 g/mol. The van der Waals surface area contributed by atoms with Crippen LogP contribution in [0.5, 0.6) is 0 Å². The predicted octanol–water partition coefficient (Wildman–Crippen LogP) is 2.49. The zero-order valence-electron chi connectivity index (χ0n) is 9.41. The fourth-order valence-corrected chi connectivity index (χ4v) is 2.59. The van der Waals surface area contributed by atoms with E-state index in [-0.39, 0.29) is 0 Å². The normalized spacial score (nSPS) is 15.1. The topological polar surface area (TPSA) is 56.7 Å². The Bertz CT molecular complexity index is 501. The molecule has 0 spiro atoms. The van der Waals surface area contributed by atoms with Crippen LogP contribution < -0.4 is 5.73 Å². The quantitative estimate of drug-likeness (QED) is 0.842. The van der Waals surface area contributed by atoms with Crippen LogP contribution in [-0.4, -0.2) is 14.5 Å². The van der Waals surface area contributed by atoms with Gasteiger partial charge in [0.25, 0.3) is 0 Å². The summed E-state index contributed by atoms with van der Waals surface area (Å²) < 4.78 is 2.29. The molecule has 1 aliphatic carbocycles. The monoisotopic (exact) mass is 246 g/mol. The molecule has 1 fully saturated rings. The van der Waals surface area contributed by atoms with Crippen molar-refractivity contribution >= 4 is 17.6 Å². The fourth-order valence-electron chi connectivity index (χ4n) is 1.76. The number of hydrogen-bond acceptors (Lipinski definition) is 4. The third kappa shape index (κ3) is 2.44. The second-order valence-corrected chi connectivity index (χ2v) is 5.28. The first-order chi connectivity index (χ1) is 8.33. The van der Waals surface area contributed by atoms with E-state index in [9.17, 15) is 0 Å². The summed E-state index contributed by atoms with van der Waals surface area (Å²) in [5, 5.41) is 0. The van der Waals surface area contributed by atoms with Gasteiger partial charge in [0.05, 0.1) is 6.33 Å². The first kappa shape index (κ1) is 10.7. The van der Waals surface area contributed by atoms with E-state index in [0.717, 1.165) is 10.6 Å². The van der Waals surface area contributed by atoms with Crippen molar-refractivity contribution in [2.24, 2.45) is 0 Å². The standard InChI is InChI=1S/C12H14N4S/c13-12-4-3-11(6-15-12)17-7-10-5-14-8-16(10)9-1-2-9/h3-6,8-9H,1-2,7H2,(H2,13,15).